The molecular formula is C19H27N3O2S. The molecule has 2 fully saturated rings. The Morgan fingerprint density at radius 3 is 2.80 bits per heavy atom. The highest BCUT2D eigenvalue weighted by molar-refractivity contribution is 8.00. The van der Waals surface area contributed by atoms with Gasteiger partial charge in [0.1, 0.15) is 0 Å². The molecule has 2 saturated heterocycles. The Bertz CT molecular complexity index is 616. The molecule has 136 valence electrons. The van der Waals surface area contributed by atoms with Crippen LogP contribution in [0.5, 0.6) is 0 Å². The fraction of sp³-hybridized carbons (Fsp3) is 0.579. The van der Waals surface area contributed by atoms with Crippen molar-refractivity contribution in [2.24, 2.45) is 5.92 Å². The van der Waals surface area contributed by atoms with Gasteiger partial charge in [-0.15, -0.1) is 11.8 Å². The van der Waals surface area contributed by atoms with Crippen molar-refractivity contribution in [3.63, 3.8) is 0 Å². The van der Waals surface area contributed by atoms with Crippen molar-refractivity contribution in [1.82, 2.24) is 15.5 Å². The summed E-state index contributed by atoms with van der Waals surface area (Å²) in [5.41, 5.74) is 0.666. The lowest BCUT2D eigenvalue weighted by Gasteiger charge is -2.30. The van der Waals surface area contributed by atoms with E-state index in [2.05, 4.69) is 17.6 Å². The Kier molecular flexibility index (Phi) is 6.37. The minimum atomic E-state index is -0.0442. The summed E-state index contributed by atoms with van der Waals surface area (Å²) in [6.07, 6.45) is 3.28. The second kappa shape index (κ2) is 8.72. The van der Waals surface area contributed by atoms with E-state index in [4.69, 9.17) is 0 Å². The highest BCUT2D eigenvalue weighted by Gasteiger charge is 2.24. The number of carbonyl (C=O) groups is 2. The van der Waals surface area contributed by atoms with E-state index in [9.17, 15) is 9.59 Å². The summed E-state index contributed by atoms with van der Waals surface area (Å²) in [5.74, 6) is 0.993. The molecule has 2 amide bonds. The molecule has 2 atom stereocenters. The van der Waals surface area contributed by atoms with E-state index in [0.29, 0.717) is 17.2 Å². The Labute approximate surface area is 153 Å². The molecule has 0 aliphatic carbocycles. The highest BCUT2D eigenvalue weighted by atomic mass is 32.2. The second-order valence-corrected chi connectivity index (χ2v) is 7.94. The van der Waals surface area contributed by atoms with E-state index in [1.54, 1.807) is 0 Å². The van der Waals surface area contributed by atoms with Gasteiger partial charge in [-0.3, -0.25) is 9.59 Å². The molecule has 1 aromatic rings. The molecule has 0 aromatic heterocycles. The van der Waals surface area contributed by atoms with Crippen molar-refractivity contribution in [2.45, 2.75) is 37.1 Å². The van der Waals surface area contributed by atoms with Crippen LogP contribution < -0.4 is 10.6 Å². The Balaban J connectivity index is 1.61. The van der Waals surface area contributed by atoms with E-state index in [0.717, 1.165) is 50.3 Å². The van der Waals surface area contributed by atoms with Crippen molar-refractivity contribution in [3.05, 3.63) is 29.8 Å². The number of hydrogen-bond acceptors (Lipinski definition) is 4. The van der Waals surface area contributed by atoms with Crippen LogP contribution in [0.25, 0.3) is 0 Å². The van der Waals surface area contributed by atoms with Gasteiger partial charge in [0, 0.05) is 30.6 Å². The number of carbonyl (C=O) groups excluding carboxylic acids is 2. The zero-order chi connectivity index (χ0) is 17.6. The van der Waals surface area contributed by atoms with E-state index in [1.165, 1.54) is 11.8 Å². The average molecular weight is 362 g/mol. The number of likely N-dealkylation sites (tertiary alicyclic amines) is 1. The number of hydrogen-bond donors (Lipinski definition) is 2. The minimum absolute atomic E-state index is 0.0442. The van der Waals surface area contributed by atoms with Crippen molar-refractivity contribution < 1.29 is 9.59 Å². The summed E-state index contributed by atoms with van der Waals surface area (Å²) in [7, 11) is 0. The van der Waals surface area contributed by atoms with Crippen LogP contribution in [0, 0.1) is 5.92 Å². The van der Waals surface area contributed by atoms with Crippen LogP contribution >= 0.6 is 11.8 Å². The van der Waals surface area contributed by atoms with E-state index in [-0.39, 0.29) is 17.9 Å². The van der Waals surface area contributed by atoms with Gasteiger partial charge in [0.2, 0.25) is 5.91 Å². The molecule has 2 heterocycles. The van der Waals surface area contributed by atoms with Crippen LogP contribution in [0.2, 0.25) is 0 Å². The lowest BCUT2D eigenvalue weighted by atomic mass is 9.94. The number of amides is 2. The zero-order valence-corrected chi connectivity index (χ0v) is 15.6. The normalized spacial score (nSPS) is 23.5. The average Bonchev–Trinajstić information content (AvgIpc) is 3.16. The fourth-order valence-electron chi connectivity index (χ4n) is 3.41. The predicted octanol–water partition coefficient (Wildman–Crippen LogP) is 2.13. The minimum Gasteiger partial charge on any atom is -0.348 e. The largest absolute Gasteiger partial charge is 0.348 e. The molecule has 0 radical (unpaired) electrons. The SMILES string of the molecule is CC1CCNCC1NC(=O)c1ccccc1SCC(=O)N1CCCC1. The van der Waals surface area contributed by atoms with Crippen LogP contribution in [-0.4, -0.2) is 54.7 Å². The van der Waals surface area contributed by atoms with Crippen LogP contribution in [0.1, 0.15) is 36.5 Å². The van der Waals surface area contributed by atoms with Crippen LogP contribution in [0.3, 0.4) is 0 Å². The number of thioether (sulfide) groups is 1. The molecular weight excluding hydrogens is 334 g/mol. The number of rotatable bonds is 5. The molecule has 2 N–H and O–H groups in total. The number of nitrogens with zero attached hydrogens (tertiary/aromatic N) is 1. The van der Waals surface area contributed by atoms with Crippen LogP contribution in [-0.2, 0) is 4.79 Å². The fourth-order valence-corrected chi connectivity index (χ4v) is 4.36. The molecule has 6 heteroatoms. The maximum absolute atomic E-state index is 12.7. The Morgan fingerprint density at radius 2 is 2.04 bits per heavy atom. The lowest BCUT2D eigenvalue weighted by molar-refractivity contribution is -0.127. The molecule has 2 aliphatic heterocycles. The van der Waals surface area contributed by atoms with Crippen molar-refractivity contribution in [2.75, 3.05) is 31.9 Å². The predicted molar refractivity (Wildman–Crippen MR) is 101 cm³/mol. The zero-order valence-electron chi connectivity index (χ0n) is 14.8. The van der Waals surface area contributed by atoms with Gasteiger partial charge < -0.3 is 15.5 Å². The third kappa shape index (κ3) is 4.76. The van der Waals surface area contributed by atoms with Gasteiger partial charge in [-0.05, 0) is 43.9 Å². The van der Waals surface area contributed by atoms with Crippen molar-refractivity contribution >= 4 is 23.6 Å². The first-order valence-electron chi connectivity index (χ1n) is 9.16. The van der Waals surface area contributed by atoms with Crippen molar-refractivity contribution in [1.29, 1.82) is 0 Å². The number of piperidine rings is 1. The van der Waals surface area contributed by atoms with Gasteiger partial charge in [0.05, 0.1) is 11.3 Å². The second-order valence-electron chi connectivity index (χ2n) is 6.92. The quantitative estimate of drug-likeness (QED) is 0.789. The van der Waals surface area contributed by atoms with Gasteiger partial charge in [-0.2, -0.15) is 0 Å². The molecule has 3 rings (SSSR count). The first-order chi connectivity index (χ1) is 12.1. The smallest absolute Gasteiger partial charge is 0.252 e. The Hall–Kier alpha value is -1.53. The maximum atomic E-state index is 12.7. The third-order valence-corrected chi connectivity index (χ3v) is 6.14. The van der Waals surface area contributed by atoms with E-state index >= 15 is 0 Å². The molecule has 2 aliphatic rings. The summed E-state index contributed by atoms with van der Waals surface area (Å²) >= 11 is 1.47. The van der Waals surface area contributed by atoms with E-state index < -0.39 is 0 Å². The van der Waals surface area contributed by atoms with Gasteiger partial charge in [0.15, 0.2) is 0 Å². The first-order valence-corrected chi connectivity index (χ1v) is 10.1. The summed E-state index contributed by atoms with van der Waals surface area (Å²) in [6.45, 7) is 5.75. The van der Waals surface area contributed by atoms with Crippen molar-refractivity contribution in [3.8, 4) is 0 Å². The molecule has 1 aromatic carbocycles. The van der Waals surface area contributed by atoms with Gasteiger partial charge >= 0.3 is 0 Å². The van der Waals surface area contributed by atoms with Gasteiger partial charge in [-0.1, -0.05) is 19.1 Å². The summed E-state index contributed by atoms with van der Waals surface area (Å²) in [4.78, 5) is 27.8. The van der Waals surface area contributed by atoms with Gasteiger partial charge in [0.25, 0.3) is 5.91 Å². The molecule has 5 nitrogen and oxygen atoms in total. The molecule has 0 saturated carbocycles. The summed E-state index contributed by atoms with van der Waals surface area (Å²) < 4.78 is 0. The molecule has 0 spiro atoms. The van der Waals surface area contributed by atoms with Crippen LogP contribution in [0.15, 0.2) is 29.2 Å². The lowest BCUT2D eigenvalue weighted by Crippen LogP contribution is -2.50. The number of benzene rings is 1. The summed E-state index contributed by atoms with van der Waals surface area (Å²) in [6, 6.07) is 7.73. The van der Waals surface area contributed by atoms with E-state index in [1.807, 2.05) is 29.2 Å². The summed E-state index contributed by atoms with van der Waals surface area (Å²) in [5, 5.41) is 6.50. The van der Waals surface area contributed by atoms with Crippen LogP contribution in [0.4, 0.5) is 0 Å². The maximum Gasteiger partial charge on any atom is 0.252 e. The monoisotopic (exact) mass is 361 g/mol. The molecule has 25 heavy (non-hydrogen) atoms. The third-order valence-electron chi connectivity index (χ3n) is 5.09. The highest BCUT2D eigenvalue weighted by Crippen LogP contribution is 2.24. The number of nitrogens with one attached hydrogen (secondary N) is 2. The molecule has 0 bridgehead atoms. The topological polar surface area (TPSA) is 61.4 Å². The standard InChI is InChI=1S/C19H27N3O2S/c1-14-8-9-20-12-16(14)21-19(24)15-6-2-3-7-17(15)25-13-18(23)22-10-4-5-11-22/h2-3,6-7,14,16,20H,4-5,8-13H2,1H3,(H,21,24). The van der Waals surface area contributed by atoms with Gasteiger partial charge in [-0.25, -0.2) is 0 Å². The molecule has 2 unspecified atom stereocenters. The first kappa shape index (κ1) is 18.3. The Morgan fingerprint density at radius 1 is 1.28 bits per heavy atom.